The van der Waals surface area contributed by atoms with Crippen LogP contribution in [0.1, 0.15) is 24.0 Å². The van der Waals surface area contributed by atoms with Crippen molar-refractivity contribution in [1.82, 2.24) is 4.90 Å². The second kappa shape index (κ2) is 10.8. The van der Waals surface area contributed by atoms with Crippen molar-refractivity contribution in [3.63, 3.8) is 0 Å². The molecule has 212 valence electrons. The minimum Gasteiger partial charge on any atom is -0.328 e. The van der Waals surface area contributed by atoms with E-state index in [1.807, 2.05) is 0 Å². The van der Waals surface area contributed by atoms with Crippen LogP contribution in [0.15, 0.2) is 131 Å². The van der Waals surface area contributed by atoms with Crippen molar-refractivity contribution in [2.75, 3.05) is 46.3 Å². The van der Waals surface area contributed by atoms with E-state index in [1.54, 1.807) is 0 Å². The largest absolute Gasteiger partial charge is 0.328 e. The van der Waals surface area contributed by atoms with Crippen LogP contribution in [0.25, 0.3) is 0 Å². The number of allylic oxidation sites excluding steroid dienone is 1. The van der Waals surface area contributed by atoms with Crippen molar-refractivity contribution in [3.8, 4) is 0 Å². The van der Waals surface area contributed by atoms with Crippen LogP contribution >= 0.6 is 12.6 Å². The number of aryl methyl sites for hydroxylation is 2. The summed E-state index contributed by atoms with van der Waals surface area (Å²) in [6, 6.07) is 37.4. The summed E-state index contributed by atoms with van der Waals surface area (Å²) in [5.74, 6) is 3.61. The smallest absolute Gasteiger partial charge is 0.161 e. The van der Waals surface area contributed by atoms with Crippen LogP contribution in [0.3, 0.4) is 0 Å². The number of para-hydroxylation sites is 1. The molecule has 0 aromatic heterocycles. The van der Waals surface area contributed by atoms with E-state index in [1.165, 1.54) is 57.0 Å². The van der Waals surface area contributed by atoms with Gasteiger partial charge in [-0.05, 0) is 87.4 Å². The molecule has 42 heavy (non-hydrogen) atoms. The Kier molecular flexibility index (Phi) is 6.87. The Morgan fingerprint density at radius 1 is 0.524 bits per heavy atom. The molecule has 0 saturated carbocycles. The van der Waals surface area contributed by atoms with Crippen LogP contribution in [0.5, 0.6) is 0 Å². The average Bonchev–Trinajstić information content (AvgIpc) is 3.02. The first-order valence-electron chi connectivity index (χ1n) is 14.8. The molecule has 5 nitrogen and oxygen atoms in total. The van der Waals surface area contributed by atoms with Gasteiger partial charge in [0.15, 0.2) is 11.6 Å². The van der Waals surface area contributed by atoms with E-state index in [9.17, 15) is 0 Å². The molecule has 0 aliphatic carbocycles. The minimum atomic E-state index is 0.850. The summed E-state index contributed by atoms with van der Waals surface area (Å²) >= 11 is 4.60. The molecule has 0 bridgehead atoms. The highest BCUT2D eigenvalue weighted by molar-refractivity contribution is 7.80. The highest BCUT2D eigenvalue weighted by Gasteiger charge is 2.43. The van der Waals surface area contributed by atoms with Gasteiger partial charge in [-0.2, -0.15) is 0 Å². The third-order valence-corrected chi connectivity index (χ3v) is 8.88. The summed E-state index contributed by atoms with van der Waals surface area (Å²) in [7, 11) is 2.26. The Morgan fingerprint density at radius 2 is 1.02 bits per heavy atom. The normalized spacial score (nSPS) is 17.1. The maximum Gasteiger partial charge on any atom is 0.161 e. The Hall–Kier alpha value is -4.29. The van der Waals surface area contributed by atoms with Gasteiger partial charge >= 0.3 is 0 Å². The zero-order valence-corrected chi connectivity index (χ0v) is 25.4. The number of anilines is 4. The molecule has 0 atom stereocenters. The van der Waals surface area contributed by atoms with E-state index >= 15 is 0 Å². The second-order valence-corrected chi connectivity index (χ2v) is 11.9. The Balaban J connectivity index is 1.49. The summed E-state index contributed by atoms with van der Waals surface area (Å²) in [6.07, 6.45) is 2.12. The quantitative estimate of drug-likeness (QED) is 0.249. The fourth-order valence-electron chi connectivity index (χ4n) is 6.44. The molecule has 3 aliphatic heterocycles. The van der Waals surface area contributed by atoms with Crippen LogP contribution in [0.4, 0.5) is 22.7 Å². The summed E-state index contributed by atoms with van der Waals surface area (Å²) < 4.78 is 0. The SMILES string of the molecule is Cc1ccc(N2CCCC3=C2N(c2ccc(C)cc2)C2=C(N3C)N(c3ccccc3)CCN2c2ccc(S)cc2)cc1. The topological polar surface area (TPSA) is 16.2 Å². The van der Waals surface area contributed by atoms with Crippen molar-refractivity contribution >= 4 is 35.4 Å². The molecule has 0 N–H and O–H groups in total. The molecule has 0 fully saturated rings. The van der Waals surface area contributed by atoms with Gasteiger partial charge in [0.05, 0.1) is 5.70 Å². The van der Waals surface area contributed by atoms with E-state index < -0.39 is 0 Å². The summed E-state index contributed by atoms with van der Waals surface area (Å²) in [6.45, 7) is 7.01. The lowest BCUT2D eigenvalue weighted by Crippen LogP contribution is -2.57. The molecule has 7 rings (SSSR count). The minimum absolute atomic E-state index is 0.850. The number of nitrogens with zero attached hydrogens (tertiary/aromatic N) is 5. The van der Waals surface area contributed by atoms with E-state index in [2.05, 4.69) is 161 Å². The van der Waals surface area contributed by atoms with E-state index in [0.717, 1.165) is 37.4 Å². The van der Waals surface area contributed by atoms with Gasteiger partial charge in [0.2, 0.25) is 0 Å². The lowest BCUT2D eigenvalue weighted by Gasteiger charge is -2.54. The summed E-state index contributed by atoms with van der Waals surface area (Å²) in [5.41, 5.74) is 8.64. The predicted molar refractivity (Wildman–Crippen MR) is 178 cm³/mol. The van der Waals surface area contributed by atoms with Crippen LogP contribution in [-0.2, 0) is 0 Å². The molecule has 0 amide bonds. The van der Waals surface area contributed by atoms with Crippen molar-refractivity contribution in [3.05, 3.63) is 137 Å². The van der Waals surface area contributed by atoms with Crippen LogP contribution < -0.4 is 19.6 Å². The van der Waals surface area contributed by atoms with Crippen molar-refractivity contribution in [2.45, 2.75) is 31.6 Å². The Morgan fingerprint density at radius 3 is 1.64 bits per heavy atom. The predicted octanol–water partition coefficient (Wildman–Crippen LogP) is 7.97. The van der Waals surface area contributed by atoms with Gasteiger partial charge < -0.3 is 19.6 Å². The third kappa shape index (κ3) is 4.60. The highest BCUT2D eigenvalue weighted by atomic mass is 32.1. The maximum absolute atomic E-state index is 4.60. The van der Waals surface area contributed by atoms with Gasteiger partial charge in [0.1, 0.15) is 5.82 Å². The summed E-state index contributed by atoms with van der Waals surface area (Å²) in [4.78, 5) is 13.5. The molecule has 0 spiro atoms. The van der Waals surface area contributed by atoms with Crippen molar-refractivity contribution < 1.29 is 0 Å². The molecule has 4 aromatic rings. The molecule has 6 heteroatoms. The Labute approximate surface area is 255 Å². The fourth-order valence-corrected chi connectivity index (χ4v) is 6.59. The van der Waals surface area contributed by atoms with Crippen LogP contribution in [0, 0.1) is 13.8 Å². The lowest BCUT2D eigenvalue weighted by atomic mass is 10.0. The molecule has 3 heterocycles. The zero-order valence-electron chi connectivity index (χ0n) is 24.5. The van der Waals surface area contributed by atoms with Crippen LogP contribution in [0.2, 0.25) is 0 Å². The second-order valence-electron chi connectivity index (χ2n) is 11.4. The molecule has 0 saturated heterocycles. The Bertz CT molecular complexity index is 1640. The van der Waals surface area contributed by atoms with Gasteiger partial charge in [-0.3, -0.25) is 4.90 Å². The summed E-state index contributed by atoms with van der Waals surface area (Å²) in [5, 5.41) is 0. The standard InChI is InChI=1S/C36H37N5S/c1-26-11-15-29(16-12-26)38-23-7-10-33-34(38)41(31-17-13-27(2)14-18-31)36-35(37(33)3)39(28-8-5-4-6-9-28)24-25-40(36)30-19-21-32(42)22-20-30/h4-6,8-9,11-22,42H,7,10,23-25H2,1-3H3. The highest BCUT2D eigenvalue weighted by Crippen LogP contribution is 2.46. The maximum atomic E-state index is 4.60. The van der Waals surface area contributed by atoms with Gasteiger partial charge in [0.25, 0.3) is 0 Å². The number of thiol groups is 1. The van der Waals surface area contributed by atoms with Gasteiger partial charge in [-0.25, -0.2) is 0 Å². The van der Waals surface area contributed by atoms with Gasteiger partial charge in [-0.15, -0.1) is 12.6 Å². The van der Waals surface area contributed by atoms with Crippen molar-refractivity contribution in [1.29, 1.82) is 0 Å². The molecular formula is C36H37N5S. The van der Waals surface area contributed by atoms with E-state index in [-0.39, 0.29) is 0 Å². The third-order valence-electron chi connectivity index (χ3n) is 8.58. The molecule has 3 aliphatic rings. The molecule has 0 radical (unpaired) electrons. The lowest BCUT2D eigenvalue weighted by molar-refractivity contribution is 0.411. The molecular weight excluding hydrogens is 534 g/mol. The van der Waals surface area contributed by atoms with Gasteiger partial charge in [0, 0.05) is 54.3 Å². The number of hydrogen-bond donors (Lipinski definition) is 1. The number of benzene rings is 4. The fraction of sp³-hybridized carbons (Fsp3) is 0.222. The van der Waals surface area contributed by atoms with E-state index in [0.29, 0.717) is 0 Å². The van der Waals surface area contributed by atoms with E-state index in [4.69, 9.17) is 0 Å². The van der Waals surface area contributed by atoms with Crippen molar-refractivity contribution in [2.24, 2.45) is 0 Å². The van der Waals surface area contributed by atoms with Crippen LogP contribution in [-0.4, -0.2) is 31.6 Å². The first-order valence-corrected chi connectivity index (χ1v) is 15.3. The number of rotatable bonds is 4. The zero-order chi connectivity index (χ0) is 28.8. The first-order chi connectivity index (χ1) is 20.5. The first kappa shape index (κ1) is 26.6. The molecule has 0 unspecified atom stereocenters. The monoisotopic (exact) mass is 571 g/mol. The van der Waals surface area contributed by atoms with Gasteiger partial charge in [-0.1, -0.05) is 53.6 Å². The average molecular weight is 572 g/mol. The number of hydrogen-bond acceptors (Lipinski definition) is 6. The molecule has 4 aromatic carbocycles.